The number of hydrogen-bond acceptors (Lipinski definition) is 3. The third-order valence-corrected chi connectivity index (χ3v) is 6.52. The van der Waals surface area contributed by atoms with Gasteiger partial charge < -0.3 is 0 Å². The summed E-state index contributed by atoms with van der Waals surface area (Å²) in [5, 5.41) is 10.7. The van der Waals surface area contributed by atoms with E-state index in [-0.39, 0.29) is 10.6 Å². The SMILES string of the molecule is C[C@H](N=Cc1ccc([N+](=O)[O-])cc1)C12CC3CC(CC(C3)C1)C2. The van der Waals surface area contributed by atoms with E-state index in [1.165, 1.54) is 38.5 Å². The lowest BCUT2D eigenvalue weighted by Crippen LogP contribution is -2.50. The molecule has 122 valence electrons. The smallest absolute Gasteiger partial charge is 0.269 e. The predicted octanol–water partition coefficient (Wildman–Crippen LogP) is 4.62. The van der Waals surface area contributed by atoms with E-state index in [1.807, 2.05) is 6.21 Å². The summed E-state index contributed by atoms with van der Waals surface area (Å²) in [6.45, 7) is 2.27. The number of rotatable bonds is 4. The van der Waals surface area contributed by atoms with Crippen LogP contribution in [0.3, 0.4) is 0 Å². The molecule has 0 radical (unpaired) electrons. The number of nitro groups is 1. The molecule has 4 bridgehead atoms. The quantitative estimate of drug-likeness (QED) is 0.463. The van der Waals surface area contributed by atoms with Gasteiger partial charge in [0.05, 0.1) is 11.0 Å². The fourth-order valence-corrected chi connectivity index (χ4v) is 5.73. The Balaban J connectivity index is 1.49. The maximum Gasteiger partial charge on any atom is 0.269 e. The normalized spacial score (nSPS) is 36.5. The van der Waals surface area contributed by atoms with Crippen molar-refractivity contribution in [3.8, 4) is 0 Å². The molecule has 1 aromatic rings. The van der Waals surface area contributed by atoms with Crippen LogP contribution in [0.25, 0.3) is 0 Å². The Morgan fingerprint density at radius 1 is 1.13 bits per heavy atom. The second kappa shape index (κ2) is 5.43. The summed E-state index contributed by atoms with van der Waals surface area (Å²) in [5.41, 5.74) is 1.51. The lowest BCUT2D eigenvalue weighted by Gasteiger charge is -2.58. The van der Waals surface area contributed by atoms with Gasteiger partial charge in [-0.05, 0) is 86.3 Å². The average molecular weight is 312 g/mol. The van der Waals surface area contributed by atoms with Crippen LogP contribution in [-0.4, -0.2) is 17.2 Å². The summed E-state index contributed by atoms with van der Waals surface area (Å²) in [5.74, 6) is 2.83. The molecule has 1 aromatic carbocycles. The van der Waals surface area contributed by atoms with Crippen molar-refractivity contribution < 1.29 is 4.92 Å². The molecule has 1 atom stereocenters. The van der Waals surface area contributed by atoms with Crippen molar-refractivity contribution in [2.75, 3.05) is 0 Å². The number of nitro benzene ring substituents is 1. The van der Waals surface area contributed by atoms with Crippen LogP contribution in [0.5, 0.6) is 0 Å². The Morgan fingerprint density at radius 2 is 1.65 bits per heavy atom. The highest BCUT2D eigenvalue weighted by molar-refractivity contribution is 5.80. The summed E-state index contributed by atoms with van der Waals surface area (Å²) in [4.78, 5) is 15.2. The van der Waals surface area contributed by atoms with Gasteiger partial charge in [0.15, 0.2) is 0 Å². The highest BCUT2D eigenvalue weighted by atomic mass is 16.6. The Morgan fingerprint density at radius 3 is 2.13 bits per heavy atom. The Hall–Kier alpha value is -1.71. The molecule has 23 heavy (non-hydrogen) atoms. The molecule has 4 nitrogen and oxygen atoms in total. The zero-order valence-corrected chi connectivity index (χ0v) is 13.6. The maximum absolute atomic E-state index is 10.7. The fourth-order valence-electron chi connectivity index (χ4n) is 5.73. The predicted molar refractivity (Wildman–Crippen MR) is 90.8 cm³/mol. The van der Waals surface area contributed by atoms with Crippen LogP contribution in [0, 0.1) is 33.3 Å². The van der Waals surface area contributed by atoms with Crippen LogP contribution in [0.1, 0.15) is 51.0 Å². The number of benzene rings is 1. The summed E-state index contributed by atoms with van der Waals surface area (Å²) in [6.07, 6.45) is 10.4. The van der Waals surface area contributed by atoms with Crippen LogP contribution in [-0.2, 0) is 0 Å². The van der Waals surface area contributed by atoms with Gasteiger partial charge in [-0.2, -0.15) is 0 Å². The van der Waals surface area contributed by atoms with E-state index >= 15 is 0 Å². The van der Waals surface area contributed by atoms with Crippen molar-refractivity contribution in [3.05, 3.63) is 39.9 Å². The van der Waals surface area contributed by atoms with Crippen molar-refractivity contribution in [3.63, 3.8) is 0 Å². The summed E-state index contributed by atoms with van der Waals surface area (Å²) >= 11 is 0. The van der Waals surface area contributed by atoms with Gasteiger partial charge in [0.2, 0.25) is 0 Å². The number of non-ortho nitro benzene ring substituents is 1. The highest BCUT2D eigenvalue weighted by Gasteiger charge is 2.53. The second-order valence-electron chi connectivity index (χ2n) is 8.08. The van der Waals surface area contributed by atoms with Gasteiger partial charge in [0.1, 0.15) is 0 Å². The second-order valence-corrected chi connectivity index (χ2v) is 8.08. The van der Waals surface area contributed by atoms with Crippen LogP contribution in [0.2, 0.25) is 0 Å². The Bertz CT molecular complexity index is 600. The molecule has 0 aromatic heterocycles. The molecule has 0 unspecified atom stereocenters. The third-order valence-electron chi connectivity index (χ3n) is 6.52. The van der Waals surface area contributed by atoms with Gasteiger partial charge in [0.25, 0.3) is 5.69 Å². The minimum absolute atomic E-state index is 0.135. The molecule has 4 heteroatoms. The molecule has 4 aliphatic carbocycles. The highest BCUT2D eigenvalue weighted by Crippen LogP contribution is 2.61. The van der Waals surface area contributed by atoms with E-state index < -0.39 is 0 Å². The minimum Gasteiger partial charge on any atom is -0.289 e. The van der Waals surface area contributed by atoms with Crippen molar-refractivity contribution in [2.45, 2.75) is 51.5 Å². The van der Waals surface area contributed by atoms with E-state index in [1.54, 1.807) is 24.3 Å². The molecule has 0 amide bonds. The molecule has 0 aliphatic heterocycles. The molecule has 0 saturated heterocycles. The van der Waals surface area contributed by atoms with Crippen molar-refractivity contribution in [1.29, 1.82) is 0 Å². The van der Waals surface area contributed by atoms with E-state index in [0.29, 0.717) is 11.5 Å². The number of nitrogens with zero attached hydrogens (tertiary/aromatic N) is 2. The van der Waals surface area contributed by atoms with Crippen molar-refractivity contribution in [2.24, 2.45) is 28.2 Å². The van der Waals surface area contributed by atoms with Crippen LogP contribution in [0.15, 0.2) is 29.3 Å². The summed E-state index contributed by atoms with van der Waals surface area (Å²) < 4.78 is 0. The first kappa shape index (κ1) is 14.9. The molecule has 4 fully saturated rings. The maximum atomic E-state index is 10.7. The molecule has 4 aliphatic rings. The van der Waals surface area contributed by atoms with Crippen molar-refractivity contribution >= 4 is 11.9 Å². The van der Waals surface area contributed by atoms with E-state index in [4.69, 9.17) is 4.99 Å². The van der Waals surface area contributed by atoms with Crippen molar-refractivity contribution in [1.82, 2.24) is 0 Å². The Labute approximate surface area is 137 Å². The van der Waals surface area contributed by atoms with Crippen LogP contribution < -0.4 is 0 Å². The number of hydrogen-bond donors (Lipinski definition) is 0. The Kier molecular flexibility index (Phi) is 3.51. The first-order chi connectivity index (χ1) is 11.0. The van der Waals surface area contributed by atoms with Gasteiger partial charge in [-0.15, -0.1) is 0 Å². The zero-order chi connectivity index (χ0) is 16.0. The molecular weight excluding hydrogens is 288 g/mol. The minimum atomic E-state index is -0.362. The molecule has 0 N–H and O–H groups in total. The summed E-state index contributed by atoms with van der Waals surface area (Å²) in [6, 6.07) is 7.03. The van der Waals surface area contributed by atoms with Crippen LogP contribution in [0.4, 0.5) is 5.69 Å². The monoisotopic (exact) mass is 312 g/mol. The van der Waals surface area contributed by atoms with Gasteiger partial charge in [-0.3, -0.25) is 15.1 Å². The zero-order valence-electron chi connectivity index (χ0n) is 13.6. The first-order valence-corrected chi connectivity index (χ1v) is 8.82. The molecule has 0 heterocycles. The van der Waals surface area contributed by atoms with E-state index in [2.05, 4.69) is 6.92 Å². The standard InChI is InChI=1S/C19H24N2O2/c1-13(20-12-14-2-4-18(5-3-14)21(22)23)19-9-15-6-16(10-19)8-17(7-15)11-19/h2-5,12-13,15-17H,6-11H2,1H3/t13-,15?,16?,17?,19?/m0/s1. The largest absolute Gasteiger partial charge is 0.289 e. The molecule has 4 saturated carbocycles. The van der Waals surface area contributed by atoms with Gasteiger partial charge in [0, 0.05) is 18.3 Å². The third kappa shape index (κ3) is 2.68. The van der Waals surface area contributed by atoms with Crippen LogP contribution >= 0.6 is 0 Å². The molecule has 0 spiro atoms. The van der Waals surface area contributed by atoms with Gasteiger partial charge >= 0.3 is 0 Å². The molecular formula is C19H24N2O2. The van der Waals surface area contributed by atoms with Gasteiger partial charge in [-0.1, -0.05) is 0 Å². The fraction of sp³-hybridized carbons (Fsp3) is 0.632. The lowest BCUT2D eigenvalue weighted by molar-refractivity contribution is -0.384. The average Bonchev–Trinajstić information content (AvgIpc) is 2.51. The number of aliphatic imine (C=N–C) groups is 1. The summed E-state index contributed by atoms with van der Waals surface area (Å²) in [7, 11) is 0. The topological polar surface area (TPSA) is 55.5 Å². The molecule has 5 rings (SSSR count). The first-order valence-electron chi connectivity index (χ1n) is 8.82. The van der Waals surface area contributed by atoms with E-state index in [0.717, 1.165) is 23.3 Å². The van der Waals surface area contributed by atoms with Gasteiger partial charge in [-0.25, -0.2) is 0 Å². The lowest BCUT2D eigenvalue weighted by atomic mass is 9.48. The van der Waals surface area contributed by atoms with E-state index in [9.17, 15) is 10.1 Å².